The number of nitrogens with one attached hydrogen (secondary N) is 1. The first-order valence-electron chi connectivity index (χ1n) is 2.63. The van der Waals surface area contributed by atoms with E-state index in [4.69, 9.17) is 5.21 Å². The lowest BCUT2D eigenvalue weighted by Gasteiger charge is -2.15. The fourth-order valence-corrected chi connectivity index (χ4v) is 0.590. The molecule has 0 aromatic carbocycles. The molecule has 0 unspecified atom stereocenters. The standard InChI is InChI=1S/C3H3FN4O4/c4-6-1-2(7(9)10)5-3(6)8(11)12/h1,5,9H/q-2. The molecule has 8 nitrogen and oxygen atoms in total. The minimum Gasteiger partial charge on any atom is -0.744 e. The molecule has 12 heavy (non-hydrogen) atoms. The van der Waals surface area contributed by atoms with E-state index in [1.54, 1.807) is 4.98 Å². The summed E-state index contributed by atoms with van der Waals surface area (Å²) in [6.45, 7) is 0. The van der Waals surface area contributed by atoms with E-state index in [-0.39, 0.29) is 0 Å². The van der Waals surface area contributed by atoms with Gasteiger partial charge in [-0.3, -0.25) is 15.3 Å². The first-order chi connectivity index (χ1) is 5.52. The van der Waals surface area contributed by atoms with Gasteiger partial charge < -0.3 is 15.6 Å². The van der Waals surface area contributed by atoms with Crippen LogP contribution in [0.2, 0.25) is 0 Å². The molecule has 0 spiro atoms. The highest BCUT2D eigenvalue weighted by molar-refractivity contribution is 5.31. The summed E-state index contributed by atoms with van der Waals surface area (Å²) in [4.78, 5) is 0.236. The third-order valence-electron chi connectivity index (χ3n) is 1.06. The molecule has 0 aliphatic carbocycles. The van der Waals surface area contributed by atoms with Crippen molar-refractivity contribution in [3.8, 4) is 0 Å². The molecule has 1 rings (SSSR count). The summed E-state index contributed by atoms with van der Waals surface area (Å²) in [7, 11) is 0. The van der Waals surface area contributed by atoms with E-state index in [1.165, 1.54) is 0 Å². The summed E-state index contributed by atoms with van der Waals surface area (Å²) in [5.41, 5.74) is -1.04. The Hall–Kier alpha value is -1.74. The van der Waals surface area contributed by atoms with Gasteiger partial charge in [0.05, 0.1) is 0 Å². The summed E-state index contributed by atoms with van der Waals surface area (Å²) in [5, 5.41) is 37.5. The van der Waals surface area contributed by atoms with Crippen molar-refractivity contribution in [3.05, 3.63) is 27.4 Å². The lowest BCUT2D eigenvalue weighted by atomic mass is 10.8. The average molecular weight is 178 g/mol. The number of anilines is 1. The highest BCUT2D eigenvalue weighted by Gasteiger charge is 2.07. The van der Waals surface area contributed by atoms with Crippen molar-refractivity contribution in [2.24, 2.45) is 0 Å². The monoisotopic (exact) mass is 178 g/mol. The molecule has 0 saturated carbocycles. The summed E-state index contributed by atoms with van der Waals surface area (Å²) in [5.74, 6) is -0.663. The van der Waals surface area contributed by atoms with Crippen molar-refractivity contribution in [3.63, 3.8) is 0 Å². The second-order valence-electron chi connectivity index (χ2n) is 1.80. The maximum absolute atomic E-state index is 12.4. The van der Waals surface area contributed by atoms with E-state index in [1.807, 2.05) is 0 Å². The van der Waals surface area contributed by atoms with Gasteiger partial charge in [-0.25, -0.2) is 4.98 Å². The Morgan fingerprint density at radius 3 is 2.50 bits per heavy atom. The molecule has 0 aliphatic rings. The van der Waals surface area contributed by atoms with Crippen molar-refractivity contribution in [2.45, 2.75) is 0 Å². The third kappa shape index (κ3) is 1.31. The summed E-state index contributed by atoms with van der Waals surface area (Å²) < 4.78 is 12.4. The van der Waals surface area contributed by atoms with E-state index in [2.05, 4.69) is 0 Å². The van der Waals surface area contributed by atoms with Crippen molar-refractivity contribution in [1.82, 2.24) is 14.7 Å². The summed E-state index contributed by atoms with van der Waals surface area (Å²) in [6, 6.07) is 0. The average Bonchev–Trinajstić information content (AvgIpc) is 2.30. The van der Waals surface area contributed by atoms with E-state index in [0.29, 0.717) is 6.20 Å². The maximum atomic E-state index is 12.4. The van der Waals surface area contributed by atoms with Gasteiger partial charge in [-0.2, -0.15) is 0 Å². The van der Waals surface area contributed by atoms with Gasteiger partial charge in [-0.1, -0.05) is 0 Å². The molecule has 0 saturated heterocycles. The topological polar surface area (TPSA) is 116 Å². The van der Waals surface area contributed by atoms with Crippen molar-refractivity contribution in [1.29, 1.82) is 0 Å². The van der Waals surface area contributed by atoms with E-state index in [9.17, 15) is 20.1 Å². The molecule has 0 fully saturated rings. The number of halogens is 1. The second-order valence-corrected chi connectivity index (χ2v) is 1.80. The predicted molar refractivity (Wildman–Crippen MR) is 34.9 cm³/mol. The maximum Gasteiger partial charge on any atom is 0.393 e. The molecule has 0 radical (unpaired) electrons. The van der Waals surface area contributed by atoms with Crippen LogP contribution in [0.1, 0.15) is 0 Å². The number of aromatic amines is 1. The van der Waals surface area contributed by atoms with Crippen molar-refractivity contribution < 1.29 is 9.69 Å². The van der Waals surface area contributed by atoms with Gasteiger partial charge in [0.15, 0.2) is 6.20 Å². The van der Waals surface area contributed by atoms with Gasteiger partial charge in [0, 0.05) is 0 Å². The Labute approximate surface area is 64.0 Å². The van der Waals surface area contributed by atoms with Crippen LogP contribution in [0.15, 0.2) is 6.20 Å². The minimum absolute atomic E-state index is 0.420. The SMILES string of the molecule is [O-]N(O)c1cn(F)c(=[N+]([O-])[O-])[nH]1. The molecule has 68 valence electrons. The lowest BCUT2D eigenvalue weighted by Crippen LogP contribution is -2.26. The Balaban J connectivity index is 3.28. The Bertz CT molecular complexity index is 336. The zero-order chi connectivity index (χ0) is 9.30. The number of rotatable bonds is 1. The molecular weight excluding hydrogens is 175 g/mol. The fraction of sp³-hybridized carbons (Fsp3) is 0. The number of hydrogen-bond acceptors (Lipinski definition) is 5. The quantitative estimate of drug-likeness (QED) is 0.535. The van der Waals surface area contributed by atoms with Gasteiger partial charge in [-0.05, 0) is 9.27 Å². The van der Waals surface area contributed by atoms with Gasteiger partial charge in [0.2, 0.25) is 5.82 Å². The normalized spacial score (nSPS) is 9.92. The van der Waals surface area contributed by atoms with Gasteiger partial charge in [0.25, 0.3) is 0 Å². The van der Waals surface area contributed by atoms with Gasteiger partial charge >= 0.3 is 5.62 Å². The molecule has 0 aliphatic heterocycles. The molecule has 0 bridgehead atoms. The predicted octanol–water partition coefficient (Wildman–Crippen LogP) is -0.990. The molecule has 9 heteroatoms. The molecule has 1 aromatic rings. The Kier molecular flexibility index (Phi) is 1.89. The molecule has 1 heterocycles. The summed E-state index contributed by atoms with van der Waals surface area (Å²) >= 11 is 0. The van der Waals surface area contributed by atoms with Crippen LogP contribution in [0.3, 0.4) is 0 Å². The summed E-state index contributed by atoms with van der Waals surface area (Å²) in [6.07, 6.45) is 0.436. The first-order valence-corrected chi connectivity index (χ1v) is 2.63. The molecule has 0 amide bonds. The van der Waals surface area contributed by atoms with Crippen LogP contribution in [0, 0.1) is 15.6 Å². The number of nitrogens with zero attached hydrogens (tertiary/aromatic N) is 3. The Morgan fingerprint density at radius 2 is 2.25 bits per heavy atom. The fourth-order valence-electron chi connectivity index (χ4n) is 0.590. The smallest absolute Gasteiger partial charge is 0.393 e. The number of imidazole rings is 1. The number of H-pyrrole nitrogens is 1. The third-order valence-corrected chi connectivity index (χ3v) is 1.06. The largest absolute Gasteiger partial charge is 0.744 e. The number of aromatic nitrogens is 2. The van der Waals surface area contributed by atoms with Crippen LogP contribution < -0.4 is 15.7 Å². The first kappa shape index (κ1) is 8.36. The van der Waals surface area contributed by atoms with E-state index in [0.717, 1.165) is 0 Å². The lowest BCUT2D eigenvalue weighted by molar-refractivity contribution is 0.292. The van der Waals surface area contributed by atoms with Gasteiger partial charge in [-0.15, -0.1) is 0 Å². The molecule has 2 N–H and O–H groups in total. The number of hydrogen-bond donors (Lipinski definition) is 2. The van der Waals surface area contributed by atoms with E-state index < -0.39 is 26.4 Å². The van der Waals surface area contributed by atoms with Crippen LogP contribution >= 0.6 is 0 Å². The zero-order valence-electron chi connectivity index (χ0n) is 5.47. The van der Waals surface area contributed by atoms with Gasteiger partial charge in [0.1, 0.15) is 0 Å². The van der Waals surface area contributed by atoms with Crippen molar-refractivity contribution >= 4 is 5.82 Å². The van der Waals surface area contributed by atoms with Crippen LogP contribution in [0.4, 0.5) is 10.3 Å². The van der Waals surface area contributed by atoms with Crippen LogP contribution in [-0.2, 0) is 0 Å². The Morgan fingerprint density at radius 1 is 1.67 bits per heavy atom. The highest BCUT2D eigenvalue weighted by Crippen LogP contribution is 2.02. The second kappa shape index (κ2) is 2.71. The van der Waals surface area contributed by atoms with Crippen LogP contribution in [-0.4, -0.2) is 15.0 Å². The highest BCUT2D eigenvalue weighted by atomic mass is 19.2. The van der Waals surface area contributed by atoms with Crippen LogP contribution in [0.5, 0.6) is 0 Å². The van der Waals surface area contributed by atoms with Crippen LogP contribution in [0.25, 0.3) is 0 Å². The molecule has 1 aromatic heterocycles. The zero-order valence-corrected chi connectivity index (χ0v) is 5.47. The van der Waals surface area contributed by atoms with E-state index >= 15 is 0 Å². The molecule has 0 atom stereocenters. The minimum atomic E-state index is -1.08. The van der Waals surface area contributed by atoms with Crippen molar-refractivity contribution in [2.75, 3.05) is 5.23 Å². The molecular formula is C3H3FN4O4-2.